The first kappa shape index (κ1) is 22.8. The summed E-state index contributed by atoms with van der Waals surface area (Å²) in [6.07, 6.45) is 5.09. The molecule has 0 aliphatic rings. The second-order valence-corrected chi connectivity index (χ2v) is 7.42. The van der Waals surface area contributed by atoms with Crippen molar-refractivity contribution in [2.24, 2.45) is 7.05 Å². The van der Waals surface area contributed by atoms with E-state index >= 15 is 0 Å². The minimum absolute atomic E-state index is 0.0920. The SMILES string of the molecule is C#CCNC(=O)C(=O)c1c(C)c(C(=O)NC(C)(C)c2ccc(F)c(F)c2)n(C)c1C. The van der Waals surface area contributed by atoms with E-state index in [4.69, 9.17) is 6.42 Å². The predicted octanol–water partition coefficient (Wildman–Crippen LogP) is 2.52. The Bertz CT molecular complexity index is 1080. The van der Waals surface area contributed by atoms with Crippen molar-refractivity contribution in [3.05, 3.63) is 57.9 Å². The van der Waals surface area contributed by atoms with Gasteiger partial charge in [-0.05, 0) is 51.0 Å². The fourth-order valence-electron chi connectivity index (χ4n) is 3.26. The van der Waals surface area contributed by atoms with Crippen LogP contribution in [-0.2, 0) is 17.4 Å². The molecule has 0 fully saturated rings. The summed E-state index contributed by atoms with van der Waals surface area (Å²) in [5.41, 5.74) is 0.380. The molecule has 0 aliphatic carbocycles. The van der Waals surface area contributed by atoms with Crippen molar-refractivity contribution >= 4 is 17.6 Å². The van der Waals surface area contributed by atoms with Crippen LogP contribution in [0, 0.1) is 37.8 Å². The van der Waals surface area contributed by atoms with Crippen LogP contribution in [0.15, 0.2) is 18.2 Å². The highest BCUT2D eigenvalue weighted by Gasteiger charge is 2.31. The van der Waals surface area contributed by atoms with E-state index in [-0.39, 0.29) is 17.8 Å². The molecule has 2 amide bonds. The third kappa shape index (κ3) is 4.25. The first-order chi connectivity index (χ1) is 13.9. The average molecular weight is 415 g/mol. The van der Waals surface area contributed by atoms with Gasteiger partial charge in [0, 0.05) is 12.7 Å². The van der Waals surface area contributed by atoms with Gasteiger partial charge in [0.1, 0.15) is 5.69 Å². The minimum Gasteiger partial charge on any atom is -0.343 e. The lowest BCUT2D eigenvalue weighted by atomic mass is 9.93. The zero-order valence-corrected chi connectivity index (χ0v) is 17.4. The van der Waals surface area contributed by atoms with E-state index < -0.39 is 34.8 Å². The number of Topliss-reactive ketones (excluding diaryl/α,β-unsaturated/α-hetero) is 1. The van der Waals surface area contributed by atoms with Gasteiger partial charge in [0.15, 0.2) is 11.6 Å². The molecule has 2 rings (SSSR count). The lowest BCUT2D eigenvalue weighted by Crippen LogP contribution is -2.42. The summed E-state index contributed by atoms with van der Waals surface area (Å²) < 4.78 is 28.4. The van der Waals surface area contributed by atoms with Gasteiger partial charge < -0.3 is 15.2 Å². The van der Waals surface area contributed by atoms with E-state index in [1.54, 1.807) is 34.7 Å². The molecule has 2 aromatic rings. The number of terminal acetylenes is 1. The van der Waals surface area contributed by atoms with Crippen molar-refractivity contribution in [3.63, 3.8) is 0 Å². The molecule has 6 nitrogen and oxygen atoms in total. The van der Waals surface area contributed by atoms with Crippen LogP contribution in [0.3, 0.4) is 0 Å². The molecule has 30 heavy (non-hydrogen) atoms. The number of halogens is 2. The number of benzene rings is 1. The van der Waals surface area contributed by atoms with Crippen molar-refractivity contribution < 1.29 is 23.2 Å². The van der Waals surface area contributed by atoms with Crippen molar-refractivity contribution in [2.45, 2.75) is 33.2 Å². The number of hydrogen-bond donors (Lipinski definition) is 2. The smallest absolute Gasteiger partial charge is 0.293 e. The topological polar surface area (TPSA) is 80.2 Å². The molecule has 0 saturated carbocycles. The maximum atomic E-state index is 13.6. The van der Waals surface area contributed by atoms with Crippen LogP contribution >= 0.6 is 0 Å². The van der Waals surface area contributed by atoms with E-state index in [0.29, 0.717) is 16.8 Å². The quantitative estimate of drug-likeness (QED) is 0.432. The Balaban J connectivity index is 2.38. The molecule has 0 bridgehead atoms. The van der Waals surface area contributed by atoms with Crippen LogP contribution in [-0.4, -0.2) is 28.7 Å². The maximum Gasteiger partial charge on any atom is 0.293 e. The van der Waals surface area contributed by atoms with Crippen molar-refractivity contribution in [3.8, 4) is 12.3 Å². The van der Waals surface area contributed by atoms with Crippen molar-refractivity contribution in [1.82, 2.24) is 15.2 Å². The Kier molecular flexibility index (Phi) is 6.46. The summed E-state index contributed by atoms with van der Waals surface area (Å²) in [7, 11) is 1.60. The molecule has 0 spiro atoms. The molecule has 1 aromatic carbocycles. The average Bonchev–Trinajstić information content (AvgIpc) is 2.89. The summed E-state index contributed by atoms with van der Waals surface area (Å²) in [5.74, 6) is -1.98. The normalized spacial score (nSPS) is 11.0. The van der Waals surface area contributed by atoms with Crippen LogP contribution in [0.4, 0.5) is 8.78 Å². The largest absolute Gasteiger partial charge is 0.343 e. The first-order valence-corrected chi connectivity index (χ1v) is 9.12. The summed E-state index contributed by atoms with van der Waals surface area (Å²) >= 11 is 0. The van der Waals surface area contributed by atoms with E-state index in [9.17, 15) is 23.2 Å². The molecule has 8 heteroatoms. The fourth-order valence-corrected chi connectivity index (χ4v) is 3.26. The van der Waals surface area contributed by atoms with Gasteiger partial charge in [0.2, 0.25) is 0 Å². The van der Waals surface area contributed by atoms with Crippen LogP contribution in [0.25, 0.3) is 0 Å². The minimum atomic E-state index is -1.04. The molecule has 0 saturated heterocycles. The Morgan fingerprint density at radius 2 is 1.80 bits per heavy atom. The molecular weight excluding hydrogens is 392 g/mol. The standard InChI is InChI=1S/C22H23F2N3O3/c1-7-10-25-21(30)19(28)17-12(2)18(27(6)13(17)3)20(29)26-22(4,5)14-8-9-15(23)16(24)11-14/h1,8-9,11H,10H2,2-6H3,(H,25,30)(H,26,29). The molecule has 2 N–H and O–H groups in total. The summed E-state index contributed by atoms with van der Waals surface area (Å²) in [6, 6.07) is 3.39. The molecule has 158 valence electrons. The molecule has 0 unspecified atom stereocenters. The number of carbonyl (C=O) groups excluding carboxylic acids is 3. The molecule has 1 aromatic heterocycles. The van der Waals surface area contributed by atoms with Gasteiger partial charge in [0.25, 0.3) is 17.6 Å². The number of amides is 2. The zero-order chi connectivity index (χ0) is 22.8. The number of ketones is 1. The molecule has 0 radical (unpaired) electrons. The van der Waals surface area contributed by atoms with Crippen LogP contribution in [0.1, 0.15) is 51.5 Å². The molecule has 0 atom stereocenters. The Hall–Kier alpha value is -3.47. The van der Waals surface area contributed by atoms with Gasteiger partial charge in [-0.2, -0.15) is 0 Å². The van der Waals surface area contributed by atoms with Crippen molar-refractivity contribution in [2.75, 3.05) is 6.54 Å². The third-order valence-corrected chi connectivity index (χ3v) is 5.00. The number of rotatable bonds is 6. The Morgan fingerprint density at radius 3 is 2.37 bits per heavy atom. The number of aromatic nitrogens is 1. The van der Waals surface area contributed by atoms with E-state index in [1.165, 1.54) is 10.6 Å². The zero-order valence-electron chi connectivity index (χ0n) is 17.4. The monoisotopic (exact) mass is 415 g/mol. The lowest BCUT2D eigenvalue weighted by molar-refractivity contribution is -0.116. The fraction of sp³-hybridized carbons (Fsp3) is 0.318. The second kappa shape index (κ2) is 8.49. The Morgan fingerprint density at radius 1 is 1.17 bits per heavy atom. The number of nitrogens with zero attached hydrogens (tertiary/aromatic N) is 1. The summed E-state index contributed by atoms with van der Waals surface area (Å²) in [5, 5.41) is 5.08. The van der Waals surface area contributed by atoms with Gasteiger partial charge >= 0.3 is 0 Å². The number of carbonyl (C=O) groups is 3. The van der Waals surface area contributed by atoms with Crippen LogP contribution < -0.4 is 10.6 Å². The highest BCUT2D eigenvalue weighted by Crippen LogP contribution is 2.26. The summed E-state index contributed by atoms with van der Waals surface area (Å²) in [4.78, 5) is 37.6. The predicted molar refractivity (Wildman–Crippen MR) is 108 cm³/mol. The van der Waals surface area contributed by atoms with E-state index in [1.807, 2.05) is 0 Å². The summed E-state index contributed by atoms with van der Waals surface area (Å²) in [6.45, 7) is 6.37. The molecular formula is C22H23F2N3O3. The Labute approximate surface area is 173 Å². The van der Waals surface area contributed by atoms with E-state index in [0.717, 1.165) is 12.1 Å². The number of nitrogens with one attached hydrogen (secondary N) is 2. The first-order valence-electron chi connectivity index (χ1n) is 9.12. The van der Waals surface area contributed by atoms with Gasteiger partial charge in [-0.25, -0.2) is 8.78 Å². The van der Waals surface area contributed by atoms with Crippen LogP contribution in [0.2, 0.25) is 0 Å². The maximum absolute atomic E-state index is 13.6. The van der Waals surface area contributed by atoms with Crippen LogP contribution in [0.5, 0.6) is 0 Å². The van der Waals surface area contributed by atoms with Crippen molar-refractivity contribution in [1.29, 1.82) is 0 Å². The van der Waals surface area contributed by atoms with E-state index in [2.05, 4.69) is 16.6 Å². The molecule has 1 heterocycles. The highest BCUT2D eigenvalue weighted by atomic mass is 19.2. The highest BCUT2D eigenvalue weighted by molar-refractivity contribution is 6.43. The molecule has 0 aliphatic heterocycles. The number of hydrogen-bond acceptors (Lipinski definition) is 3. The van der Waals surface area contributed by atoms with Gasteiger partial charge in [-0.1, -0.05) is 12.0 Å². The van der Waals surface area contributed by atoms with Gasteiger partial charge in [0.05, 0.1) is 17.6 Å². The van der Waals surface area contributed by atoms with Gasteiger partial charge in [-0.15, -0.1) is 6.42 Å². The second-order valence-electron chi connectivity index (χ2n) is 7.42. The lowest BCUT2D eigenvalue weighted by Gasteiger charge is -2.27. The third-order valence-electron chi connectivity index (χ3n) is 5.00. The van der Waals surface area contributed by atoms with Gasteiger partial charge in [-0.3, -0.25) is 14.4 Å².